The number of amides is 1. The number of hydrogen-bond donors (Lipinski definition) is 2. The molecule has 2 aromatic heterocycles. The van der Waals surface area contributed by atoms with Gasteiger partial charge in [0.05, 0.1) is 30.3 Å². The minimum atomic E-state index is -3.75. The van der Waals surface area contributed by atoms with Gasteiger partial charge in [-0.15, -0.1) is 11.3 Å². The Balaban J connectivity index is 1.39. The monoisotopic (exact) mass is 480 g/mol. The van der Waals surface area contributed by atoms with Crippen LogP contribution in [0, 0.1) is 6.92 Å². The van der Waals surface area contributed by atoms with Gasteiger partial charge in [-0.05, 0) is 49.4 Å². The van der Waals surface area contributed by atoms with Crippen LogP contribution in [0.2, 0.25) is 0 Å². The first-order valence-corrected chi connectivity index (χ1v) is 12.7. The SMILES string of the molecule is Cc1nc2ccc3nc(NC(=O)c4cccc(NS(=O)(=O)c5ccccc5)c4)sc3c2s1. The van der Waals surface area contributed by atoms with E-state index in [0.717, 1.165) is 25.4 Å². The Morgan fingerprint density at radius 3 is 2.38 bits per heavy atom. The molecule has 0 atom stereocenters. The highest BCUT2D eigenvalue weighted by Gasteiger charge is 2.16. The fourth-order valence-electron chi connectivity index (χ4n) is 3.24. The van der Waals surface area contributed by atoms with Crippen molar-refractivity contribution < 1.29 is 13.2 Å². The van der Waals surface area contributed by atoms with Crippen LogP contribution in [0.5, 0.6) is 0 Å². The number of fused-ring (bicyclic) bond motifs is 3. The number of aromatic nitrogens is 2. The lowest BCUT2D eigenvalue weighted by molar-refractivity contribution is 0.102. The van der Waals surface area contributed by atoms with Gasteiger partial charge in [-0.2, -0.15) is 0 Å². The van der Waals surface area contributed by atoms with E-state index in [1.165, 1.54) is 29.5 Å². The van der Waals surface area contributed by atoms with Gasteiger partial charge in [0, 0.05) is 11.3 Å². The molecule has 3 aromatic carbocycles. The normalized spacial score (nSPS) is 11.7. The number of hydrogen-bond acceptors (Lipinski definition) is 7. The van der Waals surface area contributed by atoms with Crippen LogP contribution in [0.25, 0.3) is 20.4 Å². The maximum Gasteiger partial charge on any atom is 0.261 e. The van der Waals surface area contributed by atoms with E-state index in [1.54, 1.807) is 47.7 Å². The van der Waals surface area contributed by atoms with Crippen LogP contribution in [0.15, 0.2) is 71.6 Å². The lowest BCUT2D eigenvalue weighted by Crippen LogP contribution is -2.15. The Hall–Kier alpha value is -3.34. The lowest BCUT2D eigenvalue weighted by atomic mass is 10.2. The van der Waals surface area contributed by atoms with Gasteiger partial charge in [0.15, 0.2) is 5.13 Å². The molecule has 32 heavy (non-hydrogen) atoms. The molecule has 5 rings (SSSR count). The molecule has 0 aliphatic carbocycles. The smallest absolute Gasteiger partial charge is 0.261 e. The van der Waals surface area contributed by atoms with E-state index in [1.807, 2.05) is 19.1 Å². The standard InChI is InChI=1S/C22H16N4O3S3/c1-13-23-17-10-11-18-20(19(17)30-13)31-22(24-18)25-21(27)14-6-5-7-15(12-14)26-32(28,29)16-8-3-2-4-9-16/h2-12,26H,1H3,(H,24,25,27). The van der Waals surface area contributed by atoms with Crippen LogP contribution in [-0.2, 0) is 10.0 Å². The summed E-state index contributed by atoms with van der Waals surface area (Å²) in [7, 11) is -3.75. The van der Waals surface area contributed by atoms with Crippen LogP contribution in [-0.4, -0.2) is 24.3 Å². The second-order valence-electron chi connectivity index (χ2n) is 6.97. The van der Waals surface area contributed by atoms with Crippen LogP contribution in [0.3, 0.4) is 0 Å². The maximum atomic E-state index is 12.8. The molecule has 0 aliphatic rings. The number of anilines is 2. The number of benzene rings is 3. The number of aryl methyl sites for hydroxylation is 1. The summed E-state index contributed by atoms with van der Waals surface area (Å²) in [4.78, 5) is 22.0. The van der Waals surface area contributed by atoms with Crippen molar-refractivity contribution in [3.8, 4) is 0 Å². The number of thiazole rings is 2. The second-order valence-corrected chi connectivity index (χ2v) is 10.9. The van der Waals surface area contributed by atoms with Crippen molar-refractivity contribution in [3.63, 3.8) is 0 Å². The number of carbonyl (C=O) groups excluding carboxylic acids is 1. The minimum Gasteiger partial charge on any atom is -0.298 e. The summed E-state index contributed by atoms with van der Waals surface area (Å²) in [5.74, 6) is -0.374. The Labute approximate surface area is 191 Å². The van der Waals surface area contributed by atoms with Gasteiger partial charge in [-0.1, -0.05) is 35.6 Å². The van der Waals surface area contributed by atoms with Gasteiger partial charge < -0.3 is 0 Å². The van der Waals surface area contributed by atoms with Crippen molar-refractivity contribution in [2.75, 3.05) is 10.0 Å². The van der Waals surface area contributed by atoms with E-state index in [0.29, 0.717) is 16.4 Å². The first kappa shape index (κ1) is 20.6. The summed E-state index contributed by atoms with van der Waals surface area (Å²) in [6, 6.07) is 18.2. The highest BCUT2D eigenvalue weighted by atomic mass is 32.2. The highest BCUT2D eigenvalue weighted by Crippen LogP contribution is 2.36. The summed E-state index contributed by atoms with van der Waals surface area (Å²) in [6.07, 6.45) is 0. The molecule has 0 radical (unpaired) electrons. The summed E-state index contributed by atoms with van der Waals surface area (Å²) >= 11 is 2.99. The van der Waals surface area contributed by atoms with E-state index in [-0.39, 0.29) is 10.8 Å². The molecule has 5 aromatic rings. The zero-order valence-corrected chi connectivity index (χ0v) is 19.1. The van der Waals surface area contributed by atoms with E-state index in [9.17, 15) is 13.2 Å². The predicted molar refractivity (Wildman–Crippen MR) is 129 cm³/mol. The van der Waals surface area contributed by atoms with E-state index in [2.05, 4.69) is 20.0 Å². The average molecular weight is 481 g/mol. The summed E-state index contributed by atoms with van der Waals surface area (Å²) < 4.78 is 29.7. The molecule has 0 bridgehead atoms. The fourth-order valence-corrected chi connectivity index (χ4v) is 6.32. The van der Waals surface area contributed by atoms with Gasteiger partial charge in [0.25, 0.3) is 15.9 Å². The fraction of sp³-hybridized carbons (Fsp3) is 0.0455. The van der Waals surface area contributed by atoms with E-state index in [4.69, 9.17) is 0 Å². The molecule has 7 nitrogen and oxygen atoms in total. The van der Waals surface area contributed by atoms with Crippen LogP contribution in [0.4, 0.5) is 10.8 Å². The Kier molecular flexibility index (Phi) is 5.12. The van der Waals surface area contributed by atoms with Crippen LogP contribution < -0.4 is 10.0 Å². The van der Waals surface area contributed by atoms with Gasteiger partial charge in [-0.25, -0.2) is 18.4 Å². The third kappa shape index (κ3) is 3.95. The quantitative estimate of drug-likeness (QED) is 0.357. The van der Waals surface area contributed by atoms with Gasteiger partial charge in [-0.3, -0.25) is 14.8 Å². The van der Waals surface area contributed by atoms with Crippen molar-refractivity contribution in [2.24, 2.45) is 0 Å². The van der Waals surface area contributed by atoms with Crippen molar-refractivity contribution >= 4 is 69.9 Å². The van der Waals surface area contributed by atoms with Crippen molar-refractivity contribution in [3.05, 3.63) is 77.3 Å². The number of nitrogens with zero attached hydrogens (tertiary/aromatic N) is 2. The summed E-state index contributed by atoms with van der Waals surface area (Å²) in [6.45, 7) is 1.96. The molecular weight excluding hydrogens is 464 g/mol. The average Bonchev–Trinajstić information content (AvgIpc) is 3.36. The molecule has 0 saturated carbocycles. The zero-order chi connectivity index (χ0) is 22.3. The molecule has 2 heterocycles. The largest absolute Gasteiger partial charge is 0.298 e. The molecule has 0 unspecified atom stereocenters. The zero-order valence-electron chi connectivity index (χ0n) is 16.7. The minimum absolute atomic E-state index is 0.147. The highest BCUT2D eigenvalue weighted by molar-refractivity contribution is 7.92. The van der Waals surface area contributed by atoms with Gasteiger partial charge in [0.2, 0.25) is 0 Å². The topological polar surface area (TPSA) is 101 Å². The van der Waals surface area contributed by atoms with Crippen molar-refractivity contribution in [1.82, 2.24) is 9.97 Å². The predicted octanol–water partition coefficient (Wildman–Crippen LogP) is 5.27. The molecule has 0 fully saturated rings. The Bertz CT molecular complexity index is 1570. The molecule has 160 valence electrons. The van der Waals surface area contributed by atoms with Crippen molar-refractivity contribution in [1.29, 1.82) is 0 Å². The number of nitrogens with one attached hydrogen (secondary N) is 2. The number of carbonyl (C=O) groups is 1. The first-order chi connectivity index (χ1) is 15.4. The van der Waals surface area contributed by atoms with Gasteiger partial charge >= 0.3 is 0 Å². The summed E-state index contributed by atoms with van der Waals surface area (Å²) in [5, 5.41) is 4.26. The molecule has 0 spiro atoms. The molecule has 1 amide bonds. The molecule has 0 aliphatic heterocycles. The molecule has 2 N–H and O–H groups in total. The second kappa shape index (κ2) is 7.97. The third-order valence-electron chi connectivity index (χ3n) is 4.67. The van der Waals surface area contributed by atoms with Crippen LogP contribution >= 0.6 is 22.7 Å². The van der Waals surface area contributed by atoms with E-state index < -0.39 is 10.0 Å². The molecule has 0 saturated heterocycles. The number of sulfonamides is 1. The Morgan fingerprint density at radius 2 is 1.59 bits per heavy atom. The number of rotatable bonds is 5. The van der Waals surface area contributed by atoms with Crippen LogP contribution in [0.1, 0.15) is 15.4 Å². The maximum absolute atomic E-state index is 12.8. The lowest BCUT2D eigenvalue weighted by Gasteiger charge is -2.09. The summed E-state index contributed by atoms with van der Waals surface area (Å²) in [5.41, 5.74) is 2.33. The molecular formula is C22H16N4O3S3. The first-order valence-electron chi connectivity index (χ1n) is 9.55. The van der Waals surface area contributed by atoms with E-state index >= 15 is 0 Å². The Morgan fingerprint density at radius 1 is 0.875 bits per heavy atom. The van der Waals surface area contributed by atoms with Gasteiger partial charge in [0.1, 0.15) is 0 Å². The third-order valence-corrected chi connectivity index (χ3v) is 8.20. The molecule has 10 heteroatoms. The van der Waals surface area contributed by atoms with Crippen molar-refractivity contribution in [2.45, 2.75) is 11.8 Å².